The molecule has 126 valence electrons. The highest BCUT2D eigenvalue weighted by atomic mass is 16.3. The summed E-state index contributed by atoms with van der Waals surface area (Å²) in [5.74, 6) is 2.83. The van der Waals surface area contributed by atoms with Crippen molar-refractivity contribution in [3.05, 3.63) is 0 Å². The van der Waals surface area contributed by atoms with Crippen LogP contribution in [0.4, 0.5) is 4.79 Å². The van der Waals surface area contributed by atoms with Crippen molar-refractivity contribution in [1.29, 1.82) is 0 Å². The Bertz CT molecular complexity index is 387. The Morgan fingerprint density at radius 1 is 1.32 bits per heavy atom. The van der Waals surface area contributed by atoms with Gasteiger partial charge in [0.15, 0.2) is 0 Å². The zero-order valence-electron chi connectivity index (χ0n) is 14.0. The van der Waals surface area contributed by atoms with Crippen LogP contribution in [0.2, 0.25) is 0 Å². The molecule has 1 heterocycles. The molecule has 2 N–H and O–H groups in total. The SMILES string of the molecule is CC(CCCO)NC(=O)N1CCCC1CC1CC2CCC1C2. The normalized spacial score (nSPS) is 35.1. The molecular weight excluding hydrogens is 276 g/mol. The number of likely N-dealkylation sites (tertiary alicyclic amines) is 1. The van der Waals surface area contributed by atoms with Gasteiger partial charge in [0.05, 0.1) is 0 Å². The summed E-state index contributed by atoms with van der Waals surface area (Å²) >= 11 is 0. The largest absolute Gasteiger partial charge is 0.396 e. The maximum Gasteiger partial charge on any atom is 0.317 e. The maximum atomic E-state index is 12.5. The van der Waals surface area contributed by atoms with Crippen molar-refractivity contribution in [2.24, 2.45) is 17.8 Å². The van der Waals surface area contributed by atoms with E-state index in [1.54, 1.807) is 0 Å². The number of hydrogen-bond acceptors (Lipinski definition) is 2. The van der Waals surface area contributed by atoms with Gasteiger partial charge in [0.1, 0.15) is 0 Å². The van der Waals surface area contributed by atoms with Crippen LogP contribution in [0.15, 0.2) is 0 Å². The number of carbonyl (C=O) groups excluding carboxylic acids is 1. The molecule has 0 aromatic carbocycles. The molecule has 0 aromatic rings. The number of fused-ring (bicyclic) bond motifs is 2. The fourth-order valence-electron chi connectivity index (χ4n) is 5.13. The molecule has 0 aromatic heterocycles. The van der Waals surface area contributed by atoms with Crippen LogP contribution >= 0.6 is 0 Å². The lowest BCUT2D eigenvalue weighted by Crippen LogP contribution is -2.46. The summed E-state index contributed by atoms with van der Waals surface area (Å²) in [5, 5.41) is 12.0. The molecule has 5 atom stereocenters. The van der Waals surface area contributed by atoms with Crippen LogP contribution in [0.1, 0.15) is 64.7 Å². The Morgan fingerprint density at radius 3 is 2.86 bits per heavy atom. The van der Waals surface area contributed by atoms with Gasteiger partial charge in [-0.1, -0.05) is 6.42 Å². The minimum Gasteiger partial charge on any atom is -0.396 e. The molecule has 3 aliphatic rings. The number of nitrogens with zero attached hydrogens (tertiary/aromatic N) is 1. The van der Waals surface area contributed by atoms with Gasteiger partial charge in [-0.3, -0.25) is 0 Å². The van der Waals surface area contributed by atoms with Gasteiger partial charge in [-0.15, -0.1) is 0 Å². The average Bonchev–Trinajstić information content (AvgIpc) is 3.21. The van der Waals surface area contributed by atoms with E-state index in [0.29, 0.717) is 6.04 Å². The van der Waals surface area contributed by atoms with Crippen LogP contribution in [0.5, 0.6) is 0 Å². The fourth-order valence-corrected chi connectivity index (χ4v) is 5.13. The first-order valence-corrected chi connectivity index (χ1v) is 9.35. The summed E-state index contributed by atoms with van der Waals surface area (Å²) in [4.78, 5) is 14.6. The lowest BCUT2D eigenvalue weighted by Gasteiger charge is -2.31. The molecule has 22 heavy (non-hydrogen) atoms. The van der Waals surface area contributed by atoms with Gasteiger partial charge in [0.2, 0.25) is 0 Å². The molecule has 3 rings (SSSR count). The maximum absolute atomic E-state index is 12.5. The summed E-state index contributed by atoms with van der Waals surface area (Å²) in [6, 6.07) is 0.744. The van der Waals surface area contributed by atoms with Gasteiger partial charge >= 0.3 is 6.03 Å². The van der Waals surface area contributed by atoms with Gasteiger partial charge in [0.25, 0.3) is 0 Å². The molecule has 4 nitrogen and oxygen atoms in total. The Hall–Kier alpha value is -0.770. The molecule has 1 aliphatic heterocycles. The second kappa shape index (κ2) is 7.20. The summed E-state index contributed by atoms with van der Waals surface area (Å²) in [5.41, 5.74) is 0. The Labute approximate surface area is 134 Å². The quantitative estimate of drug-likeness (QED) is 0.792. The smallest absolute Gasteiger partial charge is 0.317 e. The minimum atomic E-state index is 0.121. The van der Waals surface area contributed by atoms with E-state index in [4.69, 9.17) is 5.11 Å². The number of amides is 2. The van der Waals surface area contributed by atoms with Crippen LogP contribution in [0.3, 0.4) is 0 Å². The first kappa shape index (κ1) is 16.1. The minimum absolute atomic E-state index is 0.121. The first-order valence-electron chi connectivity index (χ1n) is 9.35. The van der Waals surface area contributed by atoms with Crippen molar-refractivity contribution in [2.75, 3.05) is 13.2 Å². The third-order valence-electron chi connectivity index (χ3n) is 6.26. The molecule has 2 saturated carbocycles. The lowest BCUT2D eigenvalue weighted by molar-refractivity contribution is 0.170. The van der Waals surface area contributed by atoms with Gasteiger partial charge in [0, 0.05) is 25.2 Å². The molecule has 2 aliphatic carbocycles. The zero-order valence-corrected chi connectivity index (χ0v) is 14.0. The predicted octanol–water partition coefficient (Wildman–Crippen LogP) is 3.15. The zero-order chi connectivity index (χ0) is 15.5. The third kappa shape index (κ3) is 3.58. The average molecular weight is 308 g/mol. The van der Waals surface area contributed by atoms with E-state index in [2.05, 4.69) is 10.2 Å². The molecule has 2 amide bonds. The number of hydrogen-bond donors (Lipinski definition) is 2. The van der Waals surface area contributed by atoms with Crippen molar-refractivity contribution in [3.8, 4) is 0 Å². The van der Waals surface area contributed by atoms with Gasteiger partial charge in [-0.25, -0.2) is 4.79 Å². The van der Waals surface area contributed by atoms with E-state index in [1.807, 2.05) is 6.92 Å². The number of aliphatic hydroxyl groups is 1. The first-order chi connectivity index (χ1) is 10.7. The van der Waals surface area contributed by atoms with E-state index in [1.165, 1.54) is 38.5 Å². The van der Waals surface area contributed by atoms with Crippen LogP contribution in [-0.2, 0) is 0 Å². The van der Waals surface area contributed by atoms with Crippen molar-refractivity contribution >= 4 is 6.03 Å². The highest BCUT2D eigenvalue weighted by Gasteiger charge is 2.42. The Kier molecular flexibility index (Phi) is 5.27. The summed E-state index contributed by atoms with van der Waals surface area (Å²) in [6.07, 6.45) is 11.0. The third-order valence-corrected chi connectivity index (χ3v) is 6.26. The summed E-state index contributed by atoms with van der Waals surface area (Å²) in [7, 11) is 0. The van der Waals surface area contributed by atoms with Gasteiger partial charge < -0.3 is 15.3 Å². The second-order valence-electron chi connectivity index (χ2n) is 7.88. The number of rotatable bonds is 6. The monoisotopic (exact) mass is 308 g/mol. The number of nitrogens with one attached hydrogen (secondary N) is 1. The van der Waals surface area contributed by atoms with Crippen molar-refractivity contribution in [3.63, 3.8) is 0 Å². The standard InChI is InChI=1S/C18H32N2O2/c1-13(4-3-9-21)19-18(22)20-8-2-5-17(20)12-16-11-14-6-7-15(16)10-14/h13-17,21H,2-12H2,1H3,(H,19,22). The van der Waals surface area contributed by atoms with E-state index in [9.17, 15) is 4.79 Å². The molecule has 0 spiro atoms. The van der Waals surface area contributed by atoms with Crippen LogP contribution in [0, 0.1) is 17.8 Å². The van der Waals surface area contributed by atoms with Crippen molar-refractivity contribution < 1.29 is 9.90 Å². The fraction of sp³-hybridized carbons (Fsp3) is 0.944. The second-order valence-corrected chi connectivity index (χ2v) is 7.88. The summed E-state index contributed by atoms with van der Waals surface area (Å²) in [6.45, 7) is 3.16. The van der Waals surface area contributed by atoms with Crippen molar-refractivity contribution in [1.82, 2.24) is 10.2 Å². The Morgan fingerprint density at radius 2 is 2.18 bits per heavy atom. The highest BCUT2D eigenvalue weighted by molar-refractivity contribution is 5.75. The molecule has 0 radical (unpaired) electrons. The topological polar surface area (TPSA) is 52.6 Å². The molecule has 1 saturated heterocycles. The molecule has 5 unspecified atom stereocenters. The van der Waals surface area contributed by atoms with E-state index in [-0.39, 0.29) is 18.7 Å². The van der Waals surface area contributed by atoms with E-state index < -0.39 is 0 Å². The summed E-state index contributed by atoms with van der Waals surface area (Å²) < 4.78 is 0. The highest BCUT2D eigenvalue weighted by Crippen LogP contribution is 2.50. The number of aliphatic hydroxyl groups excluding tert-OH is 1. The predicted molar refractivity (Wildman–Crippen MR) is 87.6 cm³/mol. The molecule has 3 fully saturated rings. The van der Waals surface area contributed by atoms with Crippen LogP contribution < -0.4 is 5.32 Å². The molecule has 4 heteroatoms. The van der Waals surface area contributed by atoms with Crippen LogP contribution in [-0.4, -0.2) is 41.3 Å². The van der Waals surface area contributed by atoms with Crippen molar-refractivity contribution in [2.45, 2.75) is 76.8 Å². The number of urea groups is 1. The van der Waals surface area contributed by atoms with E-state index >= 15 is 0 Å². The number of carbonyl (C=O) groups is 1. The molecular formula is C18H32N2O2. The lowest BCUT2D eigenvalue weighted by atomic mass is 9.84. The van der Waals surface area contributed by atoms with Crippen LogP contribution in [0.25, 0.3) is 0 Å². The van der Waals surface area contributed by atoms with Gasteiger partial charge in [-0.2, -0.15) is 0 Å². The van der Waals surface area contributed by atoms with E-state index in [0.717, 1.165) is 43.6 Å². The Balaban J connectivity index is 1.48. The molecule has 2 bridgehead atoms. The van der Waals surface area contributed by atoms with Gasteiger partial charge in [-0.05, 0) is 76.0 Å².